The predicted molar refractivity (Wildman–Crippen MR) is 83.5 cm³/mol. The predicted octanol–water partition coefficient (Wildman–Crippen LogP) is 2.37. The highest BCUT2D eigenvalue weighted by Gasteiger charge is 2.12. The highest BCUT2D eigenvalue weighted by Crippen LogP contribution is 2.20. The lowest BCUT2D eigenvalue weighted by Crippen LogP contribution is -2.23. The molecule has 2 N–H and O–H groups in total. The third-order valence-electron chi connectivity index (χ3n) is 3.93. The molecule has 1 aliphatic rings. The topological polar surface area (TPSA) is 34.2 Å². The molecule has 3 nitrogen and oxygen atoms in total. The molecule has 4 heteroatoms. The molecule has 0 saturated carbocycles. The van der Waals surface area contributed by atoms with Gasteiger partial charge >= 0.3 is 0 Å². The van der Waals surface area contributed by atoms with Crippen LogP contribution in [0.3, 0.4) is 0 Å². The van der Waals surface area contributed by atoms with Crippen LogP contribution in [-0.4, -0.2) is 34.1 Å². The molecule has 19 heavy (non-hydrogen) atoms. The van der Waals surface area contributed by atoms with Crippen molar-refractivity contribution < 1.29 is 0 Å². The first kappa shape index (κ1) is 12.6. The Kier molecular flexibility index (Phi) is 3.53. The van der Waals surface area contributed by atoms with Crippen LogP contribution >= 0.6 is 12.2 Å². The Bertz CT molecular complexity index is 596. The molecular formula is C15H19N3S. The maximum atomic E-state index is 5.78. The molecule has 2 heterocycles. The molecule has 1 fully saturated rings. The molecule has 0 radical (unpaired) electrons. The number of likely N-dealkylation sites (tertiary alicyclic amines) is 1. The fourth-order valence-corrected chi connectivity index (χ4v) is 3.07. The van der Waals surface area contributed by atoms with Crippen LogP contribution < -0.4 is 5.73 Å². The maximum Gasteiger partial charge on any atom is 0.104 e. The second-order valence-corrected chi connectivity index (χ2v) is 5.60. The third-order valence-corrected chi connectivity index (χ3v) is 4.15. The van der Waals surface area contributed by atoms with Crippen molar-refractivity contribution in [3.05, 3.63) is 36.0 Å². The van der Waals surface area contributed by atoms with Gasteiger partial charge < -0.3 is 15.2 Å². The summed E-state index contributed by atoms with van der Waals surface area (Å²) in [6.45, 7) is 4.65. The van der Waals surface area contributed by atoms with Crippen LogP contribution in [0.4, 0.5) is 0 Å². The zero-order chi connectivity index (χ0) is 13.2. The van der Waals surface area contributed by atoms with E-state index in [0.717, 1.165) is 24.0 Å². The Morgan fingerprint density at radius 3 is 2.68 bits per heavy atom. The van der Waals surface area contributed by atoms with Crippen molar-refractivity contribution in [3.63, 3.8) is 0 Å². The van der Waals surface area contributed by atoms with E-state index in [2.05, 4.69) is 27.8 Å². The Balaban J connectivity index is 1.84. The summed E-state index contributed by atoms with van der Waals surface area (Å²) in [4.78, 5) is 3.01. The summed E-state index contributed by atoms with van der Waals surface area (Å²) in [5.41, 5.74) is 7.98. The van der Waals surface area contributed by atoms with Crippen molar-refractivity contribution in [1.82, 2.24) is 9.47 Å². The largest absolute Gasteiger partial charge is 0.389 e. The fourth-order valence-electron chi connectivity index (χ4n) is 2.89. The van der Waals surface area contributed by atoms with E-state index < -0.39 is 0 Å². The van der Waals surface area contributed by atoms with Gasteiger partial charge in [-0.3, -0.25) is 0 Å². The van der Waals surface area contributed by atoms with E-state index in [-0.39, 0.29) is 0 Å². The Labute approximate surface area is 119 Å². The first-order valence-corrected chi connectivity index (χ1v) is 7.26. The summed E-state index contributed by atoms with van der Waals surface area (Å²) in [7, 11) is 0. The van der Waals surface area contributed by atoms with E-state index in [1.165, 1.54) is 31.4 Å². The molecule has 100 valence electrons. The minimum atomic E-state index is 0.475. The molecule has 3 rings (SSSR count). The zero-order valence-corrected chi connectivity index (χ0v) is 11.8. The Morgan fingerprint density at radius 1 is 1.16 bits per heavy atom. The first-order chi connectivity index (χ1) is 9.25. The van der Waals surface area contributed by atoms with E-state index in [1.54, 1.807) is 0 Å². The SMILES string of the molecule is NC(=S)c1cccc2c1ccn2CCN1CCCC1. The van der Waals surface area contributed by atoms with Gasteiger partial charge in [-0.05, 0) is 38.1 Å². The number of nitrogens with zero attached hydrogens (tertiary/aromatic N) is 2. The molecule has 0 bridgehead atoms. The monoisotopic (exact) mass is 273 g/mol. The smallest absolute Gasteiger partial charge is 0.104 e. The number of benzene rings is 1. The second-order valence-electron chi connectivity index (χ2n) is 5.16. The van der Waals surface area contributed by atoms with Gasteiger partial charge in [-0.1, -0.05) is 24.4 Å². The molecule has 0 atom stereocenters. The number of hydrogen-bond acceptors (Lipinski definition) is 2. The van der Waals surface area contributed by atoms with Gasteiger partial charge in [0.05, 0.1) is 0 Å². The highest BCUT2D eigenvalue weighted by atomic mass is 32.1. The summed E-state index contributed by atoms with van der Waals surface area (Å²) < 4.78 is 2.30. The lowest BCUT2D eigenvalue weighted by atomic mass is 10.1. The summed E-state index contributed by atoms with van der Waals surface area (Å²) in [6, 6.07) is 8.29. The van der Waals surface area contributed by atoms with Crippen LogP contribution in [0.25, 0.3) is 10.9 Å². The van der Waals surface area contributed by atoms with E-state index in [4.69, 9.17) is 18.0 Å². The second kappa shape index (κ2) is 5.31. The van der Waals surface area contributed by atoms with Crippen LogP contribution in [0.5, 0.6) is 0 Å². The molecular weight excluding hydrogens is 254 g/mol. The van der Waals surface area contributed by atoms with Gasteiger partial charge in [0.1, 0.15) is 4.99 Å². The van der Waals surface area contributed by atoms with Crippen molar-refractivity contribution in [3.8, 4) is 0 Å². The van der Waals surface area contributed by atoms with Crippen LogP contribution in [0, 0.1) is 0 Å². The minimum Gasteiger partial charge on any atom is -0.389 e. The average Bonchev–Trinajstić information content (AvgIpc) is 3.05. The number of aromatic nitrogens is 1. The van der Waals surface area contributed by atoms with Gasteiger partial charge in [0.2, 0.25) is 0 Å². The van der Waals surface area contributed by atoms with E-state index in [0.29, 0.717) is 4.99 Å². The lowest BCUT2D eigenvalue weighted by molar-refractivity contribution is 0.324. The van der Waals surface area contributed by atoms with Gasteiger partial charge in [-0.15, -0.1) is 0 Å². The summed E-state index contributed by atoms with van der Waals surface area (Å²) >= 11 is 5.11. The quantitative estimate of drug-likeness (QED) is 0.869. The lowest BCUT2D eigenvalue weighted by Gasteiger charge is -2.15. The van der Waals surface area contributed by atoms with Crippen molar-refractivity contribution in [2.75, 3.05) is 19.6 Å². The molecule has 0 spiro atoms. The van der Waals surface area contributed by atoms with Gasteiger partial charge in [-0.25, -0.2) is 0 Å². The van der Waals surface area contributed by atoms with Crippen LogP contribution in [-0.2, 0) is 6.54 Å². The molecule has 1 aromatic carbocycles. The molecule has 0 amide bonds. The molecule has 0 unspecified atom stereocenters. The molecule has 0 aliphatic carbocycles. The van der Waals surface area contributed by atoms with Crippen molar-refractivity contribution >= 4 is 28.1 Å². The minimum absolute atomic E-state index is 0.475. The van der Waals surface area contributed by atoms with Crippen molar-refractivity contribution in [1.29, 1.82) is 0 Å². The normalized spacial score (nSPS) is 16.2. The van der Waals surface area contributed by atoms with E-state index in [1.807, 2.05) is 12.1 Å². The van der Waals surface area contributed by atoms with Crippen LogP contribution in [0.15, 0.2) is 30.5 Å². The first-order valence-electron chi connectivity index (χ1n) is 6.86. The van der Waals surface area contributed by atoms with E-state index in [9.17, 15) is 0 Å². The molecule has 1 aromatic heterocycles. The van der Waals surface area contributed by atoms with Gasteiger partial charge in [0, 0.05) is 35.8 Å². The van der Waals surface area contributed by atoms with Crippen molar-refractivity contribution in [2.24, 2.45) is 5.73 Å². The third kappa shape index (κ3) is 2.51. The Morgan fingerprint density at radius 2 is 1.95 bits per heavy atom. The standard InChI is InChI=1S/C15H19N3S/c16-15(19)13-4-3-5-14-12(13)6-9-18(14)11-10-17-7-1-2-8-17/h3-6,9H,1-2,7-8,10-11H2,(H2,16,19). The number of hydrogen-bond donors (Lipinski definition) is 1. The van der Waals surface area contributed by atoms with Gasteiger partial charge in [0.15, 0.2) is 0 Å². The molecule has 1 aliphatic heterocycles. The summed E-state index contributed by atoms with van der Waals surface area (Å²) in [6.07, 6.45) is 4.83. The number of fused-ring (bicyclic) bond motifs is 1. The number of nitrogens with two attached hydrogens (primary N) is 1. The van der Waals surface area contributed by atoms with Gasteiger partial charge in [0.25, 0.3) is 0 Å². The van der Waals surface area contributed by atoms with Crippen molar-refractivity contribution in [2.45, 2.75) is 19.4 Å². The summed E-state index contributed by atoms with van der Waals surface area (Å²) in [5.74, 6) is 0. The number of rotatable bonds is 4. The average molecular weight is 273 g/mol. The highest BCUT2D eigenvalue weighted by molar-refractivity contribution is 7.80. The fraction of sp³-hybridized carbons (Fsp3) is 0.400. The number of thiocarbonyl (C=S) groups is 1. The van der Waals surface area contributed by atoms with Gasteiger partial charge in [-0.2, -0.15) is 0 Å². The zero-order valence-electron chi connectivity index (χ0n) is 11.0. The molecule has 2 aromatic rings. The summed E-state index contributed by atoms with van der Waals surface area (Å²) in [5, 5.41) is 1.16. The van der Waals surface area contributed by atoms with Crippen LogP contribution in [0.1, 0.15) is 18.4 Å². The van der Waals surface area contributed by atoms with E-state index >= 15 is 0 Å². The molecule has 1 saturated heterocycles. The van der Waals surface area contributed by atoms with Crippen LogP contribution in [0.2, 0.25) is 0 Å². The maximum absolute atomic E-state index is 5.78. The Hall–Kier alpha value is -1.39.